The predicted molar refractivity (Wildman–Crippen MR) is 82.2 cm³/mol. The third-order valence-corrected chi connectivity index (χ3v) is 4.64. The molecular formula is C15H19NO5S. The van der Waals surface area contributed by atoms with Crippen molar-refractivity contribution in [3.05, 3.63) is 16.0 Å². The molecule has 0 aromatic carbocycles. The van der Waals surface area contributed by atoms with Crippen LogP contribution in [0.15, 0.2) is 0 Å². The minimum absolute atomic E-state index is 0.277. The molecule has 0 unspecified atom stereocenters. The normalized spacial score (nSPS) is 13.2. The lowest BCUT2D eigenvalue weighted by molar-refractivity contribution is -0.142. The molecule has 0 spiro atoms. The van der Waals surface area contributed by atoms with E-state index in [2.05, 4.69) is 10.1 Å². The summed E-state index contributed by atoms with van der Waals surface area (Å²) in [6.07, 6.45) is 3.43. The van der Waals surface area contributed by atoms with Crippen molar-refractivity contribution >= 4 is 34.2 Å². The molecule has 0 radical (unpaired) electrons. The summed E-state index contributed by atoms with van der Waals surface area (Å²) >= 11 is 1.39. The number of amides is 1. The Morgan fingerprint density at radius 2 is 1.95 bits per heavy atom. The summed E-state index contributed by atoms with van der Waals surface area (Å²) in [5, 5.41) is 3.12. The number of hydrogen-bond donors (Lipinski definition) is 1. The molecule has 6 nitrogen and oxygen atoms in total. The number of rotatable bonds is 5. The summed E-state index contributed by atoms with van der Waals surface area (Å²) in [6, 6.07) is 0. The summed E-state index contributed by atoms with van der Waals surface area (Å²) in [4.78, 5) is 36.3. The molecular weight excluding hydrogens is 306 g/mol. The van der Waals surface area contributed by atoms with Crippen molar-refractivity contribution in [2.45, 2.75) is 39.0 Å². The Hall–Kier alpha value is -1.89. The number of ether oxygens (including phenoxy) is 2. The Bertz CT molecular complexity index is 593. The maximum Gasteiger partial charge on any atom is 0.341 e. The van der Waals surface area contributed by atoms with E-state index in [4.69, 9.17) is 4.74 Å². The number of aryl methyl sites for hydroxylation is 1. The van der Waals surface area contributed by atoms with Gasteiger partial charge in [0.25, 0.3) is 0 Å². The fraction of sp³-hybridized carbons (Fsp3) is 0.533. The fourth-order valence-electron chi connectivity index (χ4n) is 2.45. The zero-order valence-corrected chi connectivity index (χ0v) is 13.5. The Morgan fingerprint density at radius 1 is 1.23 bits per heavy atom. The van der Waals surface area contributed by atoms with Crippen LogP contribution < -0.4 is 5.32 Å². The lowest BCUT2D eigenvalue weighted by atomic mass is 9.95. The molecule has 1 aromatic heterocycles. The minimum Gasteiger partial charge on any atom is -0.469 e. The summed E-state index contributed by atoms with van der Waals surface area (Å²) in [6.45, 7) is 2.02. The van der Waals surface area contributed by atoms with Crippen LogP contribution in [0.1, 0.15) is 47.0 Å². The van der Waals surface area contributed by atoms with Gasteiger partial charge < -0.3 is 14.8 Å². The van der Waals surface area contributed by atoms with E-state index in [9.17, 15) is 14.4 Å². The van der Waals surface area contributed by atoms with Gasteiger partial charge in [-0.3, -0.25) is 9.59 Å². The van der Waals surface area contributed by atoms with E-state index in [0.29, 0.717) is 10.6 Å². The topological polar surface area (TPSA) is 81.7 Å². The van der Waals surface area contributed by atoms with Crippen LogP contribution in [0.2, 0.25) is 0 Å². The Labute approximate surface area is 132 Å². The van der Waals surface area contributed by atoms with Gasteiger partial charge in [0.05, 0.1) is 19.3 Å². The quantitative estimate of drug-likeness (QED) is 0.663. The highest BCUT2D eigenvalue weighted by atomic mass is 32.1. The van der Waals surface area contributed by atoms with Gasteiger partial charge in [-0.1, -0.05) is 0 Å². The molecule has 22 heavy (non-hydrogen) atoms. The first-order chi connectivity index (χ1) is 10.6. The van der Waals surface area contributed by atoms with E-state index in [-0.39, 0.29) is 13.0 Å². The molecule has 1 N–H and O–H groups in total. The molecule has 0 saturated heterocycles. The van der Waals surface area contributed by atoms with Crippen LogP contribution in [0, 0.1) is 0 Å². The third-order valence-electron chi connectivity index (χ3n) is 3.44. The van der Waals surface area contributed by atoms with Crippen LogP contribution in [0.4, 0.5) is 5.00 Å². The van der Waals surface area contributed by atoms with Gasteiger partial charge in [-0.25, -0.2) is 4.79 Å². The van der Waals surface area contributed by atoms with E-state index >= 15 is 0 Å². The molecule has 0 saturated carbocycles. The van der Waals surface area contributed by atoms with Crippen molar-refractivity contribution in [3.8, 4) is 0 Å². The predicted octanol–water partition coefficient (Wildman–Crippen LogP) is 2.31. The third kappa shape index (κ3) is 3.65. The van der Waals surface area contributed by atoms with Gasteiger partial charge in [0.1, 0.15) is 11.4 Å². The minimum atomic E-state index is -0.614. The van der Waals surface area contributed by atoms with Crippen molar-refractivity contribution in [3.63, 3.8) is 0 Å². The monoisotopic (exact) mass is 325 g/mol. The number of methoxy groups -OCH3 is 1. The number of hydrogen-bond acceptors (Lipinski definition) is 6. The maximum atomic E-state index is 12.2. The summed E-state index contributed by atoms with van der Waals surface area (Å²) < 4.78 is 9.57. The maximum absolute atomic E-state index is 12.2. The van der Waals surface area contributed by atoms with Crippen molar-refractivity contribution in [2.75, 3.05) is 19.0 Å². The van der Waals surface area contributed by atoms with Gasteiger partial charge in [0.2, 0.25) is 5.91 Å². The van der Waals surface area contributed by atoms with Crippen molar-refractivity contribution < 1.29 is 23.9 Å². The lowest BCUT2D eigenvalue weighted by Gasteiger charge is -2.12. The van der Waals surface area contributed by atoms with Gasteiger partial charge in [0.15, 0.2) is 0 Å². The molecule has 1 aliphatic carbocycles. The zero-order chi connectivity index (χ0) is 16.1. The number of fused-ring (bicyclic) bond motifs is 1. The van der Waals surface area contributed by atoms with Crippen LogP contribution in [0.3, 0.4) is 0 Å². The number of carbonyl (C=O) groups is 3. The second kappa shape index (κ2) is 7.40. The van der Waals surface area contributed by atoms with Crippen LogP contribution in [0.5, 0.6) is 0 Å². The highest BCUT2D eigenvalue weighted by Crippen LogP contribution is 2.38. The van der Waals surface area contributed by atoms with E-state index < -0.39 is 17.8 Å². The molecule has 0 bridgehead atoms. The molecule has 0 aliphatic heterocycles. The van der Waals surface area contributed by atoms with Gasteiger partial charge >= 0.3 is 11.9 Å². The number of nitrogens with one attached hydrogen (secondary N) is 1. The summed E-state index contributed by atoms with van der Waals surface area (Å²) in [5.74, 6) is -1.53. The van der Waals surface area contributed by atoms with E-state index in [0.717, 1.165) is 36.1 Å². The summed E-state index contributed by atoms with van der Waals surface area (Å²) in [5.41, 5.74) is 1.42. The Kier molecular flexibility index (Phi) is 5.54. The van der Waals surface area contributed by atoms with Gasteiger partial charge in [-0.05, 0) is 38.2 Å². The molecule has 0 atom stereocenters. The molecule has 2 rings (SSSR count). The van der Waals surface area contributed by atoms with E-state index in [1.165, 1.54) is 18.4 Å². The second-order valence-electron chi connectivity index (χ2n) is 4.94. The van der Waals surface area contributed by atoms with Crippen molar-refractivity contribution in [1.29, 1.82) is 0 Å². The zero-order valence-electron chi connectivity index (χ0n) is 12.7. The molecule has 1 aliphatic rings. The molecule has 0 fully saturated rings. The summed E-state index contributed by atoms with van der Waals surface area (Å²) in [7, 11) is 1.23. The lowest BCUT2D eigenvalue weighted by Crippen LogP contribution is -2.19. The van der Waals surface area contributed by atoms with E-state index in [1.807, 2.05) is 0 Å². The number of anilines is 1. The number of esters is 2. The largest absolute Gasteiger partial charge is 0.469 e. The number of thiophene rings is 1. The van der Waals surface area contributed by atoms with Crippen LogP contribution in [-0.2, 0) is 31.9 Å². The molecule has 7 heteroatoms. The van der Waals surface area contributed by atoms with Crippen molar-refractivity contribution in [1.82, 2.24) is 0 Å². The second-order valence-corrected chi connectivity index (χ2v) is 6.04. The molecule has 1 heterocycles. The van der Waals surface area contributed by atoms with Crippen LogP contribution in [0.25, 0.3) is 0 Å². The first-order valence-corrected chi connectivity index (χ1v) is 8.06. The van der Waals surface area contributed by atoms with Gasteiger partial charge in [-0.15, -0.1) is 11.3 Å². The first-order valence-electron chi connectivity index (χ1n) is 7.25. The Morgan fingerprint density at radius 3 is 2.64 bits per heavy atom. The average molecular weight is 325 g/mol. The molecule has 1 aromatic rings. The Balaban J connectivity index is 2.26. The highest BCUT2D eigenvalue weighted by molar-refractivity contribution is 7.17. The van der Waals surface area contributed by atoms with Crippen LogP contribution in [-0.4, -0.2) is 31.6 Å². The molecule has 1 amide bonds. The number of carbonyl (C=O) groups excluding carboxylic acids is 3. The first kappa shape index (κ1) is 16.5. The smallest absolute Gasteiger partial charge is 0.341 e. The van der Waals surface area contributed by atoms with Gasteiger partial charge in [0, 0.05) is 4.88 Å². The van der Waals surface area contributed by atoms with Gasteiger partial charge in [-0.2, -0.15) is 0 Å². The highest BCUT2D eigenvalue weighted by Gasteiger charge is 2.27. The SMILES string of the molecule is CCOC(=O)c1c(NC(=O)CC(=O)OC)sc2c1CCCC2. The fourth-order valence-corrected chi connectivity index (χ4v) is 3.74. The molecule has 120 valence electrons. The average Bonchev–Trinajstić information content (AvgIpc) is 2.84. The van der Waals surface area contributed by atoms with Crippen molar-refractivity contribution in [2.24, 2.45) is 0 Å². The van der Waals surface area contributed by atoms with Crippen LogP contribution >= 0.6 is 11.3 Å². The van der Waals surface area contributed by atoms with E-state index in [1.54, 1.807) is 6.92 Å². The standard InChI is InChI=1S/C15H19NO5S/c1-3-21-15(19)13-9-6-4-5-7-10(9)22-14(13)16-11(17)8-12(18)20-2/h3-8H2,1-2H3,(H,16,17).